The molecule has 0 saturated heterocycles. The topological polar surface area (TPSA) is 46.5 Å². The second-order valence-electron chi connectivity index (χ2n) is 3.29. The van der Waals surface area contributed by atoms with Gasteiger partial charge < -0.3 is 9.84 Å². The lowest BCUT2D eigenvalue weighted by atomic mass is 10.2. The van der Waals surface area contributed by atoms with Gasteiger partial charge >= 0.3 is 5.97 Å². The van der Waals surface area contributed by atoms with E-state index >= 15 is 0 Å². The molecule has 14 heavy (non-hydrogen) atoms. The predicted octanol–water partition coefficient (Wildman–Crippen LogP) is 2.10. The van der Waals surface area contributed by atoms with Crippen LogP contribution < -0.4 is 0 Å². The van der Waals surface area contributed by atoms with Crippen LogP contribution in [0.15, 0.2) is 0 Å². The average molecular weight is 223 g/mol. The number of halogens is 1. The Labute approximate surface area is 90.4 Å². The normalized spacial score (nSPS) is 12.5. The minimum Gasteiger partial charge on any atom is -0.466 e. The molecule has 0 aliphatic heterocycles. The Morgan fingerprint density at radius 2 is 2.14 bits per heavy atom. The van der Waals surface area contributed by atoms with Crippen LogP contribution in [0.3, 0.4) is 0 Å². The highest BCUT2D eigenvalue weighted by Gasteiger charge is 2.09. The molecule has 1 atom stereocenters. The van der Waals surface area contributed by atoms with Crippen LogP contribution in [-0.2, 0) is 9.53 Å². The zero-order chi connectivity index (χ0) is 10.8. The molecule has 0 aromatic carbocycles. The first-order valence-corrected chi connectivity index (χ1v) is 5.63. The van der Waals surface area contributed by atoms with E-state index in [1.807, 2.05) is 0 Å². The fraction of sp³-hybridized carbons (Fsp3) is 0.900. The van der Waals surface area contributed by atoms with Crippen molar-refractivity contribution in [3.8, 4) is 0 Å². The van der Waals surface area contributed by atoms with E-state index in [9.17, 15) is 4.79 Å². The lowest BCUT2D eigenvalue weighted by Gasteiger charge is -2.07. The lowest BCUT2D eigenvalue weighted by molar-refractivity contribution is -0.145. The summed E-state index contributed by atoms with van der Waals surface area (Å²) < 4.78 is 4.90. The molecule has 0 fully saturated rings. The Kier molecular flexibility index (Phi) is 9.10. The summed E-state index contributed by atoms with van der Waals surface area (Å²) in [5.41, 5.74) is 0. The summed E-state index contributed by atoms with van der Waals surface area (Å²) in [5, 5.41) is 9.04. The van der Waals surface area contributed by atoms with Gasteiger partial charge in [0.15, 0.2) is 0 Å². The maximum atomic E-state index is 11.0. The summed E-state index contributed by atoms with van der Waals surface area (Å²) in [6.45, 7) is 2.58. The second-order valence-corrected chi connectivity index (χ2v) is 3.60. The summed E-state index contributed by atoms with van der Waals surface area (Å²) >= 11 is 5.34. The van der Waals surface area contributed by atoms with Crippen LogP contribution in [0.1, 0.15) is 39.0 Å². The number of rotatable bonds is 8. The van der Waals surface area contributed by atoms with Crippen LogP contribution in [0, 0.1) is 0 Å². The van der Waals surface area contributed by atoms with Crippen molar-refractivity contribution in [1.82, 2.24) is 0 Å². The van der Waals surface area contributed by atoms with E-state index in [0.29, 0.717) is 6.61 Å². The average Bonchev–Trinajstić information content (AvgIpc) is 2.17. The van der Waals surface area contributed by atoms with Gasteiger partial charge in [-0.1, -0.05) is 26.2 Å². The van der Waals surface area contributed by atoms with Gasteiger partial charge in [0.2, 0.25) is 0 Å². The van der Waals surface area contributed by atoms with E-state index in [0.717, 1.165) is 12.8 Å². The van der Waals surface area contributed by atoms with E-state index in [4.69, 9.17) is 21.4 Å². The van der Waals surface area contributed by atoms with Crippen LogP contribution in [0.25, 0.3) is 0 Å². The molecule has 0 radical (unpaired) electrons. The molecular weight excluding hydrogens is 204 g/mol. The van der Waals surface area contributed by atoms with Crippen molar-refractivity contribution in [3.63, 3.8) is 0 Å². The number of ether oxygens (including phenoxy) is 1. The number of alkyl halides is 1. The smallest absolute Gasteiger partial charge is 0.308 e. The van der Waals surface area contributed by atoms with Gasteiger partial charge in [0, 0.05) is 5.88 Å². The third kappa shape index (κ3) is 8.32. The molecule has 4 heteroatoms. The Bertz CT molecular complexity index is 150. The van der Waals surface area contributed by atoms with Gasteiger partial charge in [-0.15, -0.1) is 11.6 Å². The minimum atomic E-state index is -0.778. The predicted molar refractivity (Wildman–Crippen MR) is 56.4 cm³/mol. The maximum Gasteiger partial charge on any atom is 0.308 e. The van der Waals surface area contributed by atoms with Crippen LogP contribution in [0.4, 0.5) is 0 Å². The molecule has 1 unspecified atom stereocenters. The highest BCUT2D eigenvalue weighted by Crippen LogP contribution is 2.01. The summed E-state index contributed by atoms with van der Waals surface area (Å²) in [4.78, 5) is 11.0. The first kappa shape index (κ1) is 13.7. The van der Waals surface area contributed by atoms with Gasteiger partial charge in [0.25, 0.3) is 0 Å². The molecule has 0 spiro atoms. The van der Waals surface area contributed by atoms with Gasteiger partial charge in [0.05, 0.1) is 19.1 Å². The van der Waals surface area contributed by atoms with Crippen molar-refractivity contribution in [2.24, 2.45) is 0 Å². The second kappa shape index (κ2) is 9.28. The summed E-state index contributed by atoms with van der Waals surface area (Å²) in [6, 6.07) is 0. The zero-order valence-corrected chi connectivity index (χ0v) is 9.42. The van der Waals surface area contributed by atoms with Gasteiger partial charge in [-0.3, -0.25) is 4.79 Å². The Balaban J connectivity index is 3.27. The monoisotopic (exact) mass is 222 g/mol. The van der Waals surface area contributed by atoms with Crippen molar-refractivity contribution >= 4 is 17.6 Å². The number of unbranched alkanes of at least 4 members (excludes halogenated alkanes) is 3. The fourth-order valence-electron chi connectivity index (χ4n) is 1.02. The number of esters is 1. The number of carbonyl (C=O) groups is 1. The molecule has 3 nitrogen and oxygen atoms in total. The third-order valence-corrected chi connectivity index (χ3v) is 2.20. The van der Waals surface area contributed by atoms with Crippen molar-refractivity contribution < 1.29 is 14.6 Å². The standard InChI is InChI=1S/C10H19ClO3/c1-2-3-4-5-6-14-10(13)7-9(12)8-11/h9,12H,2-8H2,1H3. The minimum absolute atomic E-state index is 0.00270. The Morgan fingerprint density at radius 3 is 2.71 bits per heavy atom. The first-order valence-electron chi connectivity index (χ1n) is 5.10. The van der Waals surface area contributed by atoms with E-state index in [1.54, 1.807) is 0 Å². The number of carbonyl (C=O) groups excluding carboxylic acids is 1. The fourth-order valence-corrected chi connectivity index (χ4v) is 1.13. The molecule has 0 amide bonds. The van der Waals surface area contributed by atoms with Crippen molar-refractivity contribution in [2.75, 3.05) is 12.5 Å². The van der Waals surface area contributed by atoms with Gasteiger partial charge in [-0.2, -0.15) is 0 Å². The third-order valence-electron chi connectivity index (χ3n) is 1.84. The summed E-state index contributed by atoms with van der Waals surface area (Å²) in [7, 11) is 0. The Morgan fingerprint density at radius 1 is 1.43 bits per heavy atom. The lowest BCUT2D eigenvalue weighted by Crippen LogP contribution is -2.17. The zero-order valence-electron chi connectivity index (χ0n) is 8.67. The molecule has 0 heterocycles. The maximum absolute atomic E-state index is 11.0. The van der Waals surface area contributed by atoms with Gasteiger partial charge in [-0.25, -0.2) is 0 Å². The van der Waals surface area contributed by atoms with E-state index in [2.05, 4.69) is 6.92 Å². The highest BCUT2D eigenvalue weighted by molar-refractivity contribution is 6.18. The number of hydrogen-bond acceptors (Lipinski definition) is 3. The van der Waals surface area contributed by atoms with Crippen LogP contribution in [0.5, 0.6) is 0 Å². The largest absolute Gasteiger partial charge is 0.466 e. The summed E-state index contributed by atoms with van der Waals surface area (Å²) in [6.07, 6.45) is 3.54. The van der Waals surface area contributed by atoms with Crippen LogP contribution in [0.2, 0.25) is 0 Å². The highest BCUT2D eigenvalue weighted by atomic mass is 35.5. The Hall–Kier alpha value is -0.280. The molecule has 0 aromatic heterocycles. The molecule has 0 bridgehead atoms. The van der Waals surface area contributed by atoms with Gasteiger partial charge in [-0.05, 0) is 6.42 Å². The molecular formula is C10H19ClO3. The van der Waals surface area contributed by atoms with Crippen molar-refractivity contribution in [1.29, 1.82) is 0 Å². The van der Waals surface area contributed by atoms with E-state index in [-0.39, 0.29) is 18.3 Å². The molecule has 84 valence electrons. The van der Waals surface area contributed by atoms with Crippen LogP contribution in [-0.4, -0.2) is 29.7 Å². The van der Waals surface area contributed by atoms with Crippen molar-refractivity contribution in [2.45, 2.75) is 45.1 Å². The quantitative estimate of drug-likeness (QED) is 0.389. The molecule has 0 aliphatic carbocycles. The number of hydrogen-bond donors (Lipinski definition) is 1. The van der Waals surface area contributed by atoms with E-state index < -0.39 is 6.10 Å². The number of aliphatic hydroxyl groups is 1. The number of aliphatic hydroxyl groups excluding tert-OH is 1. The van der Waals surface area contributed by atoms with E-state index in [1.165, 1.54) is 12.8 Å². The molecule has 0 aliphatic rings. The molecule has 1 N–H and O–H groups in total. The SMILES string of the molecule is CCCCCCOC(=O)CC(O)CCl. The first-order chi connectivity index (χ1) is 6.70. The molecule has 0 saturated carbocycles. The van der Waals surface area contributed by atoms with Crippen LogP contribution >= 0.6 is 11.6 Å². The molecule has 0 aromatic rings. The molecule has 0 rings (SSSR count). The van der Waals surface area contributed by atoms with Crippen molar-refractivity contribution in [3.05, 3.63) is 0 Å². The summed E-state index contributed by atoms with van der Waals surface area (Å²) in [5.74, 6) is -0.292. The van der Waals surface area contributed by atoms with Gasteiger partial charge in [0.1, 0.15) is 0 Å².